The van der Waals surface area contributed by atoms with E-state index in [1.807, 2.05) is 13.1 Å². The molecule has 1 aromatic carbocycles. The zero-order valence-corrected chi connectivity index (χ0v) is 11.7. The Morgan fingerprint density at radius 2 is 2.17 bits per heavy atom. The number of rotatable bonds is 8. The molecule has 1 rings (SSSR count). The standard InChI is InChI=1S/C15H25FN2/c1-4-10-17-13(2)7-6-11-18(3)15-9-5-8-14(16)12-15/h5,8-9,12-13,17H,4,6-7,10-11H2,1-3H3. The first-order chi connectivity index (χ1) is 8.63. The largest absolute Gasteiger partial charge is 0.375 e. The summed E-state index contributed by atoms with van der Waals surface area (Å²) in [5.41, 5.74) is 0.948. The van der Waals surface area contributed by atoms with E-state index in [9.17, 15) is 4.39 Å². The Balaban J connectivity index is 2.27. The zero-order chi connectivity index (χ0) is 13.4. The number of nitrogens with zero attached hydrogens (tertiary/aromatic N) is 1. The quantitative estimate of drug-likeness (QED) is 0.762. The number of hydrogen-bond donors (Lipinski definition) is 1. The Labute approximate surface area is 110 Å². The minimum atomic E-state index is -0.169. The summed E-state index contributed by atoms with van der Waals surface area (Å²) >= 11 is 0. The molecule has 0 aromatic heterocycles. The van der Waals surface area contributed by atoms with Gasteiger partial charge in [0.15, 0.2) is 0 Å². The van der Waals surface area contributed by atoms with E-state index in [1.54, 1.807) is 12.1 Å². The van der Waals surface area contributed by atoms with Gasteiger partial charge in [-0.3, -0.25) is 0 Å². The lowest BCUT2D eigenvalue weighted by atomic mass is 10.1. The van der Waals surface area contributed by atoms with Crippen molar-refractivity contribution in [2.75, 3.05) is 25.0 Å². The van der Waals surface area contributed by atoms with Crippen LogP contribution in [-0.2, 0) is 0 Å². The van der Waals surface area contributed by atoms with Gasteiger partial charge in [0.2, 0.25) is 0 Å². The highest BCUT2D eigenvalue weighted by Gasteiger charge is 2.04. The highest BCUT2D eigenvalue weighted by molar-refractivity contribution is 5.45. The van der Waals surface area contributed by atoms with Gasteiger partial charge < -0.3 is 10.2 Å². The average Bonchev–Trinajstić information content (AvgIpc) is 2.36. The molecule has 1 atom stereocenters. The number of nitrogens with one attached hydrogen (secondary N) is 1. The van der Waals surface area contributed by atoms with E-state index in [-0.39, 0.29) is 5.82 Å². The molecule has 0 spiro atoms. The van der Waals surface area contributed by atoms with Crippen molar-refractivity contribution >= 4 is 5.69 Å². The highest BCUT2D eigenvalue weighted by atomic mass is 19.1. The fourth-order valence-electron chi connectivity index (χ4n) is 1.97. The molecular weight excluding hydrogens is 227 g/mol. The molecule has 1 aromatic rings. The van der Waals surface area contributed by atoms with Crippen LogP contribution in [0.1, 0.15) is 33.1 Å². The summed E-state index contributed by atoms with van der Waals surface area (Å²) in [6, 6.07) is 7.33. The second kappa shape index (κ2) is 8.09. The molecule has 0 bridgehead atoms. The predicted molar refractivity (Wildman–Crippen MR) is 76.7 cm³/mol. The number of benzene rings is 1. The normalized spacial score (nSPS) is 12.4. The first kappa shape index (κ1) is 15.0. The monoisotopic (exact) mass is 252 g/mol. The molecule has 0 fully saturated rings. The fraction of sp³-hybridized carbons (Fsp3) is 0.600. The first-order valence-corrected chi connectivity index (χ1v) is 6.83. The molecule has 102 valence electrons. The summed E-state index contributed by atoms with van der Waals surface area (Å²) in [5, 5.41) is 3.48. The molecule has 0 aliphatic carbocycles. The van der Waals surface area contributed by atoms with Crippen LogP contribution in [0.15, 0.2) is 24.3 Å². The van der Waals surface area contributed by atoms with Crippen molar-refractivity contribution in [3.05, 3.63) is 30.1 Å². The molecule has 0 saturated carbocycles. The average molecular weight is 252 g/mol. The Kier molecular flexibility index (Phi) is 6.73. The molecule has 0 heterocycles. The van der Waals surface area contributed by atoms with Gasteiger partial charge in [-0.25, -0.2) is 4.39 Å². The van der Waals surface area contributed by atoms with Gasteiger partial charge in [0.05, 0.1) is 0 Å². The van der Waals surface area contributed by atoms with E-state index < -0.39 is 0 Å². The minimum Gasteiger partial charge on any atom is -0.375 e. The summed E-state index contributed by atoms with van der Waals surface area (Å²) in [6.07, 6.45) is 3.44. The van der Waals surface area contributed by atoms with Crippen LogP contribution in [-0.4, -0.2) is 26.2 Å². The van der Waals surface area contributed by atoms with Gasteiger partial charge in [0, 0.05) is 25.3 Å². The van der Waals surface area contributed by atoms with Crippen molar-refractivity contribution in [2.24, 2.45) is 0 Å². The topological polar surface area (TPSA) is 15.3 Å². The summed E-state index contributed by atoms with van der Waals surface area (Å²) in [4.78, 5) is 2.11. The molecule has 3 heteroatoms. The second-order valence-electron chi connectivity index (χ2n) is 4.90. The SMILES string of the molecule is CCCNC(C)CCCN(C)c1cccc(F)c1. The van der Waals surface area contributed by atoms with Gasteiger partial charge in [-0.1, -0.05) is 13.0 Å². The van der Waals surface area contributed by atoms with E-state index in [1.165, 1.54) is 12.5 Å². The molecule has 0 saturated heterocycles. The van der Waals surface area contributed by atoms with E-state index >= 15 is 0 Å². The third-order valence-electron chi connectivity index (χ3n) is 3.12. The maximum Gasteiger partial charge on any atom is 0.125 e. The van der Waals surface area contributed by atoms with Crippen LogP contribution in [0, 0.1) is 5.82 Å². The molecule has 2 nitrogen and oxygen atoms in total. The van der Waals surface area contributed by atoms with Crippen molar-refractivity contribution in [1.82, 2.24) is 5.32 Å². The second-order valence-corrected chi connectivity index (χ2v) is 4.90. The number of anilines is 1. The van der Waals surface area contributed by atoms with Gasteiger partial charge in [-0.05, 0) is 50.9 Å². The van der Waals surface area contributed by atoms with Gasteiger partial charge in [-0.15, -0.1) is 0 Å². The van der Waals surface area contributed by atoms with Crippen molar-refractivity contribution in [1.29, 1.82) is 0 Å². The molecule has 18 heavy (non-hydrogen) atoms. The molecule has 1 N–H and O–H groups in total. The first-order valence-electron chi connectivity index (χ1n) is 6.83. The maximum absolute atomic E-state index is 13.1. The van der Waals surface area contributed by atoms with Gasteiger partial charge >= 0.3 is 0 Å². The van der Waals surface area contributed by atoms with Crippen LogP contribution >= 0.6 is 0 Å². The van der Waals surface area contributed by atoms with Crippen LogP contribution in [0.2, 0.25) is 0 Å². The van der Waals surface area contributed by atoms with E-state index in [0.717, 1.165) is 31.6 Å². The molecule has 0 amide bonds. The molecule has 1 unspecified atom stereocenters. The molecular formula is C15H25FN2. The summed E-state index contributed by atoms with van der Waals surface area (Å²) < 4.78 is 13.1. The Hall–Kier alpha value is -1.09. The summed E-state index contributed by atoms with van der Waals surface area (Å²) in [6.45, 7) is 6.44. The highest BCUT2D eigenvalue weighted by Crippen LogP contribution is 2.14. The third-order valence-corrected chi connectivity index (χ3v) is 3.12. The third kappa shape index (κ3) is 5.50. The van der Waals surface area contributed by atoms with Crippen molar-refractivity contribution < 1.29 is 4.39 Å². The lowest BCUT2D eigenvalue weighted by Gasteiger charge is -2.20. The van der Waals surface area contributed by atoms with Crippen LogP contribution in [0.4, 0.5) is 10.1 Å². The Morgan fingerprint density at radius 1 is 1.39 bits per heavy atom. The lowest BCUT2D eigenvalue weighted by molar-refractivity contribution is 0.499. The summed E-state index contributed by atoms with van der Waals surface area (Å²) in [7, 11) is 2.01. The molecule has 0 aliphatic rings. The van der Waals surface area contributed by atoms with Crippen molar-refractivity contribution in [3.8, 4) is 0 Å². The van der Waals surface area contributed by atoms with Crippen LogP contribution in [0.3, 0.4) is 0 Å². The van der Waals surface area contributed by atoms with Gasteiger partial charge in [0.25, 0.3) is 0 Å². The van der Waals surface area contributed by atoms with Crippen LogP contribution in [0.25, 0.3) is 0 Å². The number of halogens is 1. The predicted octanol–water partition coefficient (Wildman–Crippen LogP) is 3.43. The van der Waals surface area contributed by atoms with Crippen LogP contribution in [0.5, 0.6) is 0 Å². The van der Waals surface area contributed by atoms with Gasteiger partial charge in [-0.2, -0.15) is 0 Å². The van der Waals surface area contributed by atoms with Gasteiger partial charge in [0.1, 0.15) is 5.82 Å². The maximum atomic E-state index is 13.1. The Morgan fingerprint density at radius 3 is 2.83 bits per heavy atom. The Bertz CT molecular complexity index is 341. The fourth-order valence-corrected chi connectivity index (χ4v) is 1.97. The van der Waals surface area contributed by atoms with E-state index in [4.69, 9.17) is 0 Å². The van der Waals surface area contributed by atoms with E-state index in [0.29, 0.717) is 6.04 Å². The molecule has 0 radical (unpaired) electrons. The zero-order valence-electron chi connectivity index (χ0n) is 11.7. The smallest absolute Gasteiger partial charge is 0.125 e. The summed E-state index contributed by atoms with van der Waals surface area (Å²) in [5.74, 6) is -0.169. The van der Waals surface area contributed by atoms with E-state index in [2.05, 4.69) is 24.1 Å². The van der Waals surface area contributed by atoms with Crippen molar-refractivity contribution in [2.45, 2.75) is 39.2 Å². The number of hydrogen-bond acceptors (Lipinski definition) is 2. The minimum absolute atomic E-state index is 0.169. The van der Waals surface area contributed by atoms with Crippen molar-refractivity contribution in [3.63, 3.8) is 0 Å². The lowest BCUT2D eigenvalue weighted by Crippen LogP contribution is -2.28. The molecule has 0 aliphatic heterocycles. The van der Waals surface area contributed by atoms with Crippen LogP contribution < -0.4 is 10.2 Å².